The zero-order valence-corrected chi connectivity index (χ0v) is 28.0. The fourth-order valence-corrected chi connectivity index (χ4v) is 6.97. The summed E-state index contributed by atoms with van der Waals surface area (Å²) in [5.41, 5.74) is 2.38. The number of amides is 1. The number of carbonyl (C=O) groups excluding carboxylic acids is 1. The van der Waals surface area contributed by atoms with Crippen LogP contribution in [-0.2, 0) is 8.85 Å². The SMILES string of the molecule is CC(C)(C)[Si](C)(C)O[C@@H]1[C@H](O[Si](C)(C)C(C)(C)C)C(CO)=C[C@H]1n1cnc2c(NC(=O)c3ccccc3)ncnc21. The summed E-state index contributed by atoms with van der Waals surface area (Å²) in [6, 6.07) is 8.67. The molecule has 0 aliphatic heterocycles. The number of rotatable bonds is 8. The molecule has 0 bridgehead atoms. The van der Waals surface area contributed by atoms with Crippen LogP contribution in [0.4, 0.5) is 5.82 Å². The van der Waals surface area contributed by atoms with Gasteiger partial charge in [-0.1, -0.05) is 65.8 Å². The van der Waals surface area contributed by atoms with Gasteiger partial charge in [0.25, 0.3) is 5.91 Å². The van der Waals surface area contributed by atoms with Crippen LogP contribution in [0.1, 0.15) is 57.9 Å². The summed E-state index contributed by atoms with van der Waals surface area (Å²) in [6.07, 6.45) is 4.39. The average molecular weight is 596 g/mol. The molecule has 41 heavy (non-hydrogen) atoms. The number of aliphatic hydroxyl groups excluding tert-OH is 1. The molecule has 0 fully saturated rings. The van der Waals surface area contributed by atoms with Gasteiger partial charge in [0.2, 0.25) is 0 Å². The molecule has 1 aliphatic rings. The Bertz CT molecular complexity index is 1420. The zero-order valence-electron chi connectivity index (χ0n) is 26.0. The second kappa shape index (κ2) is 11.2. The van der Waals surface area contributed by atoms with Gasteiger partial charge in [-0.25, -0.2) is 15.0 Å². The Morgan fingerprint density at radius 1 is 0.951 bits per heavy atom. The van der Waals surface area contributed by atoms with Gasteiger partial charge in [-0.2, -0.15) is 0 Å². The van der Waals surface area contributed by atoms with Crippen molar-refractivity contribution in [2.24, 2.45) is 0 Å². The molecule has 0 spiro atoms. The van der Waals surface area contributed by atoms with Gasteiger partial charge >= 0.3 is 0 Å². The third kappa shape index (κ3) is 6.24. The number of nitrogens with one attached hydrogen (secondary N) is 1. The summed E-state index contributed by atoms with van der Waals surface area (Å²) in [4.78, 5) is 26.4. The normalized spacial score (nSPS) is 20.4. The Morgan fingerprint density at radius 3 is 2.15 bits per heavy atom. The number of hydrogen-bond donors (Lipinski definition) is 2. The van der Waals surface area contributed by atoms with E-state index in [0.29, 0.717) is 22.5 Å². The van der Waals surface area contributed by atoms with E-state index in [2.05, 4.69) is 88.0 Å². The van der Waals surface area contributed by atoms with Crippen LogP contribution in [0.5, 0.6) is 0 Å². The molecule has 222 valence electrons. The van der Waals surface area contributed by atoms with Crippen molar-refractivity contribution in [1.29, 1.82) is 0 Å². The van der Waals surface area contributed by atoms with Gasteiger partial charge in [-0.3, -0.25) is 4.79 Å². The predicted octanol–water partition coefficient (Wildman–Crippen LogP) is 6.33. The number of aromatic nitrogens is 4. The van der Waals surface area contributed by atoms with Crippen molar-refractivity contribution in [1.82, 2.24) is 19.5 Å². The molecule has 9 nitrogen and oxygen atoms in total. The molecule has 0 radical (unpaired) electrons. The van der Waals surface area contributed by atoms with Gasteiger partial charge in [-0.05, 0) is 54.0 Å². The minimum absolute atomic E-state index is 0.0199. The monoisotopic (exact) mass is 595 g/mol. The van der Waals surface area contributed by atoms with Gasteiger partial charge in [0.05, 0.1) is 31.2 Å². The fourth-order valence-electron chi connectivity index (χ4n) is 4.40. The van der Waals surface area contributed by atoms with E-state index >= 15 is 0 Å². The summed E-state index contributed by atoms with van der Waals surface area (Å²) < 4.78 is 16.1. The number of aliphatic hydroxyl groups is 1. The van der Waals surface area contributed by atoms with Gasteiger partial charge in [0.1, 0.15) is 6.33 Å². The van der Waals surface area contributed by atoms with Crippen molar-refractivity contribution < 1.29 is 18.8 Å². The van der Waals surface area contributed by atoms with Crippen LogP contribution in [0.25, 0.3) is 11.2 Å². The van der Waals surface area contributed by atoms with Crippen LogP contribution >= 0.6 is 0 Å². The highest BCUT2D eigenvalue weighted by Gasteiger charge is 2.50. The van der Waals surface area contributed by atoms with Crippen LogP contribution in [0.15, 0.2) is 54.6 Å². The van der Waals surface area contributed by atoms with Crippen LogP contribution in [0.2, 0.25) is 36.3 Å². The summed E-state index contributed by atoms with van der Waals surface area (Å²) >= 11 is 0. The van der Waals surface area contributed by atoms with Crippen molar-refractivity contribution >= 4 is 39.5 Å². The lowest BCUT2D eigenvalue weighted by Gasteiger charge is -2.45. The minimum Gasteiger partial charge on any atom is -0.409 e. The van der Waals surface area contributed by atoms with E-state index in [1.54, 1.807) is 18.5 Å². The topological polar surface area (TPSA) is 111 Å². The number of fused-ring (bicyclic) bond motifs is 1. The van der Waals surface area contributed by atoms with Crippen molar-refractivity contribution in [3.05, 3.63) is 60.2 Å². The van der Waals surface area contributed by atoms with Crippen LogP contribution in [0.3, 0.4) is 0 Å². The summed E-state index contributed by atoms with van der Waals surface area (Å²) in [7, 11) is -4.50. The molecular formula is C30H45N5O4Si2. The maximum Gasteiger partial charge on any atom is 0.256 e. The maximum absolute atomic E-state index is 12.9. The lowest BCUT2D eigenvalue weighted by Crippen LogP contribution is -2.52. The Kier molecular flexibility index (Phi) is 8.52. The molecule has 1 aromatic carbocycles. The second-order valence-electron chi connectivity index (χ2n) is 13.9. The smallest absolute Gasteiger partial charge is 0.256 e. The maximum atomic E-state index is 12.9. The average Bonchev–Trinajstić information content (AvgIpc) is 3.44. The first-order valence-electron chi connectivity index (χ1n) is 14.2. The molecule has 0 unspecified atom stereocenters. The highest BCUT2D eigenvalue weighted by molar-refractivity contribution is 6.74. The van der Waals surface area contributed by atoms with E-state index in [-0.39, 0.29) is 34.7 Å². The Balaban J connectivity index is 1.77. The van der Waals surface area contributed by atoms with E-state index < -0.39 is 22.7 Å². The number of nitrogens with zero attached hydrogens (tertiary/aromatic N) is 4. The molecule has 0 saturated carbocycles. The van der Waals surface area contributed by atoms with Crippen LogP contribution in [0, 0.1) is 0 Å². The first kappa shape index (κ1) is 31.2. The molecule has 1 aliphatic carbocycles. The standard InChI is InChI=1S/C30H45N5O4Si2/c1-29(2,3)40(7,8)38-24-21(17-36)16-22(25(24)39-41(9,10)30(4,5)6)35-19-33-23-26(31-18-32-27(23)35)34-28(37)20-14-12-11-13-15-20/h11-16,18-19,22,24-25,36H,17H2,1-10H3,(H,31,32,34,37)/t22-,24-,25+/m1/s1. The van der Waals surface area contributed by atoms with Crippen LogP contribution < -0.4 is 5.32 Å². The van der Waals surface area contributed by atoms with Gasteiger partial charge in [0.15, 0.2) is 33.6 Å². The molecule has 0 saturated heterocycles. The first-order valence-corrected chi connectivity index (χ1v) is 20.0. The molecule has 11 heteroatoms. The lowest BCUT2D eigenvalue weighted by atomic mass is 10.1. The highest BCUT2D eigenvalue weighted by Crippen LogP contribution is 2.46. The quantitative estimate of drug-likeness (QED) is 0.231. The molecule has 2 N–H and O–H groups in total. The van der Waals surface area contributed by atoms with Crippen LogP contribution in [-0.4, -0.2) is 66.0 Å². The number of hydrogen-bond acceptors (Lipinski definition) is 7. The van der Waals surface area contributed by atoms with E-state index in [1.165, 1.54) is 6.33 Å². The van der Waals surface area contributed by atoms with Gasteiger partial charge in [-0.15, -0.1) is 0 Å². The first-order chi connectivity index (χ1) is 19.0. The van der Waals surface area contributed by atoms with E-state index in [4.69, 9.17) is 8.85 Å². The second-order valence-corrected chi connectivity index (χ2v) is 23.4. The molecule has 4 rings (SSSR count). The van der Waals surface area contributed by atoms with E-state index in [0.717, 1.165) is 5.57 Å². The molecule has 3 aromatic rings. The fraction of sp³-hybridized carbons (Fsp3) is 0.533. The summed E-state index contributed by atoms with van der Waals surface area (Å²) in [6.45, 7) is 22.1. The zero-order chi connectivity index (χ0) is 30.4. The van der Waals surface area contributed by atoms with E-state index in [1.807, 2.05) is 28.8 Å². The Hall–Kier alpha value is -2.71. The number of anilines is 1. The highest BCUT2D eigenvalue weighted by atomic mass is 28.4. The third-order valence-corrected chi connectivity index (χ3v) is 17.9. The number of benzene rings is 1. The number of carbonyl (C=O) groups is 1. The molecule has 2 aromatic heterocycles. The molecule has 3 atom stereocenters. The van der Waals surface area contributed by atoms with E-state index in [9.17, 15) is 9.90 Å². The summed E-state index contributed by atoms with van der Waals surface area (Å²) in [5.74, 6) is 0.0633. The Morgan fingerprint density at radius 2 is 1.56 bits per heavy atom. The number of imidazole rings is 1. The summed E-state index contributed by atoms with van der Waals surface area (Å²) in [5, 5.41) is 13.4. The molecule has 1 amide bonds. The molecule has 2 heterocycles. The van der Waals surface area contributed by atoms with Crippen molar-refractivity contribution in [3.63, 3.8) is 0 Å². The third-order valence-electron chi connectivity index (χ3n) is 8.98. The van der Waals surface area contributed by atoms with Crippen molar-refractivity contribution in [2.75, 3.05) is 11.9 Å². The van der Waals surface area contributed by atoms with Crippen molar-refractivity contribution in [2.45, 2.75) is 96.1 Å². The predicted molar refractivity (Wildman–Crippen MR) is 168 cm³/mol. The van der Waals surface area contributed by atoms with Crippen molar-refractivity contribution in [3.8, 4) is 0 Å². The lowest BCUT2D eigenvalue weighted by molar-refractivity contribution is 0.0432. The van der Waals surface area contributed by atoms with Gasteiger partial charge in [0, 0.05) is 5.56 Å². The largest absolute Gasteiger partial charge is 0.409 e. The van der Waals surface area contributed by atoms with Gasteiger partial charge < -0.3 is 23.8 Å². The molecular weight excluding hydrogens is 551 g/mol. The Labute approximate surface area is 245 Å². The minimum atomic E-state index is -2.27.